The Hall–Kier alpha value is -13.8. The van der Waals surface area contributed by atoms with Gasteiger partial charge in [-0.1, -0.05) is 44.9 Å². The Morgan fingerprint density at radius 3 is 1.02 bits per heavy atom. The number of aldehydes is 1. The summed E-state index contributed by atoms with van der Waals surface area (Å²) in [6, 6.07) is 34.0. The van der Waals surface area contributed by atoms with Crippen molar-refractivity contribution in [3.8, 4) is 46.0 Å². The number of aliphatic hydroxyl groups excluding tert-OH is 1. The summed E-state index contributed by atoms with van der Waals surface area (Å²) >= 11 is 0. The van der Waals surface area contributed by atoms with E-state index in [1.807, 2.05) is 124 Å². The van der Waals surface area contributed by atoms with Crippen LogP contribution in [0.15, 0.2) is 146 Å². The number of nitrogen functional groups attached to an aromatic ring is 1. The zero-order chi connectivity index (χ0) is 88.1. The first kappa shape index (κ1) is 91.9. The molecule has 0 radical (unpaired) electrons. The van der Waals surface area contributed by atoms with Crippen molar-refractivity contribution in [1.29, 1.82) is 0 Å². The predicted molar refractivity (Wildman–Crippen MR) is 449 cm³/mol. The van der Waals surface area contributed by atoms with E-state index in [4.69, 9.17) is 81.0 Å². The van der Waals surface area contributed by atoms with Crippen molar-refractivity contribution < 1.29 is 104 Å². The Morgan fingerprint density at radius 2 is 0.720 bits per heavy atom. The van der Waals surface area contributed by atoms with Gasteiger partial charge in [0.15, 0.2) is 69.3 Å². The van der Waals surface area contributed by atoms with E-state index >= 15 is 0 Å². The van der Waals surface area contributed by atoms with Crippen molar-refractivity contribution in [3.63, 3.8) is 0 Å². The Kier molecular flexibility index (Phi) is 35.4. The Morgan fingerprint density at radius 1 is 0.408 bits per heavy atom. The minimum absolute atomic E-state index is 0.0456. The molecule has 0 amide bonds. The molecule has 36 heteroatoms. The lowest BCUT2D eigenvalue weighted by atomic mass is 9.92. The SMILES string of the molecule is COC(=O)CC(Cc1nc(CCCC=O)no1)c1ccc2c(c1)OCO2.COC(=O)CC(Cc1nc(CCCCNc2cc(C)ccn2)no1)c1ccc2c(c1)OCO2.COC(=O)CC(Cc1nc(CCCCO)no1)c1ccc2c(c1)OCO2.Cc1ccnc(N)c1.Cc1ccnc(NCCCCc2noc(CC(CC(=O)O)c3ccc4c(c3)OCO4)n2)c1. The summed E-state index contributed by atoms with van der Waals surface area (Å²) in [5, 5.41) is 40.9. The van der Waals surface area contributed by atoms with Gasteiger partial charge in [0.2, 0.25) is 50.7 Å². The third-order valence-electron chi connectivity index (χ3n) is 20.1. The number of carboxylic acids is 1. The van der Waals surface area contributed by atoms with E-state index in [2.05, 4.69) is 66.1 Å². The van der Waals surface area contributed by atoms with E-state index in [0.29, 0.717) is 163 Å². The van der Waals surface area contributed by atoms with E-state index in [1.165, 1.54) is 32.5 Å². The van der Waals surface area contributed by atoms with E-state index < -0.39 is 5.97 Å². The van der Waals surface area contributed by atoms with Gasteiger partial charge in [0.05, 0.1) is 47.0 Å². The average molecular weight is 1720 g/mol. The third kappa shape index (κ3) is 29.8. The van der Waals surface area contributed by atoms with Crippen molar-refractivity contribution in [2.75, 3.05) is 84.6 Å². The maximum absolute atomic E-state index is 12.0. The molecule has 36 nitrogen and oxygen atoms in total. The first-order chi connectivity index (χ1) is 60.8. The van der Waals surface area contributed by atoms with E-state index in [0.717, 1.165) is 97.4 Å². The second-order valence-electron chi connectivity index (χ2n) is 29.6. The lowest BCUT2D eigenvalue weighted by Gasteiger charge is -2.14. The molecule has 4 aliphatic rings. The van der Waals surface area contributed by atoms with Crippen LogP contribution in [0.3, 0.4) is 0 Å². The summed E-state index contributed by atoms with van der Waals surface area (Å²) in [7, 11) is 4.11. The number of methoxy groups -OCH3 is 3. The normalized spacial score (nSPS) is 13.0. The molecular formula is C89H104N14O22. The number of rotatable bonds is 40. The van der Waals surface area contributed by atoms with Gasteiger partial charge < -0.3 is 102 Å². The van der Waals surface area contributed by atoms with Gasteiger partial charge in [-0.15, -0.1) is 0 Å². The number of unbranched alkanes of at least 4 members (excludes halogenated alkanes) is 4. The number of ether oxygens (including phenoxy) is 11. The summed E-state index contributed by atoms with van der Waals surface area (Å²) in [4.78, 5) is 87.6. The van der Waals surface area contributed by atoms with Gasteiger partial charge in [-0.2, -0.15) is 19.9 Å². The summed E-state index contributed by atoms with van der Waals surface area (Å²) in [6.07, 6.45) is 17.3. The summed E-state index contributed by atoms with van der Waals surface area (Å²) in [6.45, 7) is 8.61. The van der Waals surface area contributed by atoms with Crippen LogP contribution in [0.4, 0.5) is 17.5 Å². The molecule has 0 spiro atoms. The van der Waals surface area contributed by atoms with Gasteiger partial charge in [0, 0.05) is 120 Å². The van der Waals surface area contributed by atoms with Gasteiger partial charge in [-0.3, -0.25) is 19.2 Å². The Bertz CT molecular complexity index is 5250. The highest BCUT2D eigenvalue weighted by molar-refractivity contribution is 5.72. The number of aromatic nitrogens is 11. The molecule has 0 saturated carbocycles. The van der Waals surface area contributed by atoms with Crippen LogP contribution in [-0.2, 0) is 89.5 Å². The number of carbonyl (C=O) groups is 5. The van der Waals surface area contributed by atoms with Gasteiger partial charge in [0.25, 0.3) is 0 Å². The minimum atomic E-state index is -0.886. The molecule has 0 aliphatic carbocycles. The number of carboxylic acid groups (broad SMARTS) is 1. The molecule has 662 valence electrons. The number of nitrogens with zero attached hydrogens (tertiary/aromatic N) is 11. The third-order valence-corrected chi connectivity index (χ3v) is 20.1. The fourth-order valence-corrected chi connectivity index (χ4v) is 13.5. The van der Waals surface area contributed by atoms with Crippen LogP contribution in [-0.4, -0.2) is 164 Å². The average Bonchev–Trinajstić information content (AvgIpc) is 1.42. The molecule has 11 heterocycles. The second-order valence-corrected chi connectivity index (χ2v) is 29.6. The number of aliphatic hydroxyl groups is 1. The molecule has 0 saturated heterocycles. The fourth-order valence-electron chi connectivity index (χ4n) is 13.5. The van der Waals surface area contributed by atoms with Gasteiger partial charge in [-0.05, 0) is 190 Å². The van der Waals surface area contributed by atoms with Crippen LogP contribution in [0.5, 0.6) is 46.0 Å². The van der Waals surface area contributed by atoms with Crippen LogP contribution < -0.4 is 54.3 Å². The standard InChI is InChI=1S/C24H28N4O5.C23H26N4O5.C18H22N2O6.C18H20N2O6.C6H8N2/c1-16-8-10-26-22(11-16)25-9-4-3-5-21-27-23(33-28-21)13-18(14-24(29)30-2)17-6-7-19-20(12-17)32-15-31-19;1-15-7-9-25-21(10-15)24-8-3-2-4-20-26-22(32-27-20)12-17(13-23(28)29)16-5-6-18-19(11-16)31-14-30-18;2*1-23-18(22)10-13(12-5-6-14-15(8-12)25-11-24-14)9-17-19-16(20-26-17)4-2-3-7-21;1-5-2-3-8-6(7)4-5/h6-8,10-12,18H,3-5,9,13-15H2,1-2H3,(H,25,26);5-7,9-11,17H,2-4,8,12-14H2,1H3,(H,24,25)(H,28,29);5-6,8,13,21H,2-4,7,9-11H2,1H3;5-8,13H,2-4,9-11H2,1H3;2-4H,1H3,(H2,7,8). The van der Waals surface area contributed by atoms with E-state index in [9.17, 15) is 29.1 Å². The molecule has 11 aromatic rings. The number of aliphatic carboxylic acids is 1. The van der Waals surface area contributed by atoms with Crippen molar-refractivity contribution in [3.05, 3.63) is 214 Å². The van der Waals surface area contributed by atoms with Gasteiger partial charge in [-0.25, -0.2) is 15.0 Å². The first-order valence-electron chi connectivity index (χ1n) is 41.2. The Balaban J connectivity index is 0.000000158. The molecular weight excluding hydrogens is 1620 g/mol. The predicted octanol–water partition coefficient (Wildman–Crippen LogP) is 12.7. The smallest absolute Gasteiger partial charge is 0.306 e. The molecule has 4 aliphatic heterocycles. The van der Waals surface area contributed by atoms with Gasteiger partial charge >= 0.3 is 23.9 Å². The van der Waals surface area contributed by atoms with E-state index in [-0.39, 0.29) is 101 Å². The molecule has 6 N–H and O–H groups in total. The number of fused-ring (bicyclic) bond motifs is 4. The number of anilines is 3. The lowest BCUT2D eigenvalue weighted by molar-refractivity contribution is -0.142. The maximum Gasteiger partial charge on any atom is 0.306 e. The zero-order valence-corrected chi connectivity index (χ0v) is 70.7. The number of hydrogen-bond acceptors (Lipinski definition) is 35. The highest BCUT2D eigenvalue weighted by Gasteiger charge is 2.29. The topological polar surface area (TPSA) is 472 Å². The number of benzene rings is 4. The number of nitrogens with two attached hydrogens (primary N) is 1. The van der Waals surface area contributed by atoms with E-state index in [1.54, 1.807) is 24.7 Å². The largest absolute Gasteiger partial charge is 0.481 e. The number of hydrogen-bond donors (Lipinski definition) is 5. The quantitative estimate of drug-likeness (QED) is 0.0103. The van der Waals surface area contributed by atoms with Crippen molar-refractivity contribution in [1.82, 2.24) is 55.5 Å². The maximum atomic E-state index is 12.0. The summed E-state index contributed by atoms with van der Waals surface area (Å²) < 4.78 is 79.1. The molecule has 4 aromatic carbocycles. The molecule has 4 unspecified atom stereocenters. The van der Waals surface area contributed by atoms with Crippen LogP contribution >= 0.6 is 0 Å². The molecule has 7 aromatic heterocycles. The number of esters is 3. The monoisotopic (exact) mass is 1720 g/mol. The molecule has 125 heavy (non-hydrogen) atoms. The summed E-state index contributed by atoms with van der Waals surface area (Å²) in [5.41, 5.74) is 12.4. The lowest BCUT2D eigenvalue weighted by Crippen LogP contribution is -2.11. The highest BCUT2D eigenvalue weighted by atomic mass is 16.7. The summed E-state index contributed by atoms with van der Waals surface area (Å²) in [5.74, 6) is 9.33. The zero-order valence-electron chi connectivity index (χ0n) is 70.7. The van der Waals surface area contributed by atoms with Crippen molar-refractivity contribution >= 4 is 47.6 Å². The van der Waals surface area contributed by atoms with Crippen molar-refractivity contribution in [2.24, 2.45) is 0 Å². The number of nitrogens with one attached hydrogen (secondary N) is 2. The second kappa shape index (κ2) is 48.2. The van der Waals surface area contributed by atoms with Crippen LogP contribution in [0.1, 0.15) is 187 Å². The van der Waals surface area contributed by atoms with Gasteiger partial charge in [0.1, 0.15) is 23.7 Å². The van der Waals surface area contributed by atoms with Crippen LogP contribution in [0.2, 0.25) is 0 Å². The van der Waals surface area contributed by atoms with Crippen LogP contribution in [0.25, 0.3) is 0 Å². The number of aryl methyl sites for hydroxylation is 7. The Labute approximate surface area is 721 Å². The fraction of sp³-hybridized carbons (Fsp3) is 0.416. The van der Waals surface area contributed by atoms with Crippen LogP contribution in [0, 0.1) is 20.8 Å². The highest BCUT2D eigenvalue weighted by Crippen LogP contribution is 2.41. The van der Waals surface area contributed by atoms with Crippen molar-refractivity contribution in [2.45, 2.75) is 173 Å². The minimum Gasteiger partial charge on any atom is -0.481 e. The number of carbonyl (C=O) groups excluding carboxylic acids is 4. The number of pyridine rings is 3. The molecule has 4 atom stereocenters. The molecule has 0 bridgehead atoms. The first-order valence-corrected chi connectivity index (χ1v) is 41.2. The molecule has 0 fully saturated rings. The molecule has 15 rings (SSSR count).